The van der Waals surface area contributed by atoms with Crippen molar-refractivity contribution in [2.75, 3.05) is 26.7 Å². The van der Waals surface area contributed by atoms with Gasteiger partial charge in [-0.05, 0) is 88.1 Å². The van der Waals surface area contributed by atoms with Gasteiger partial charge in [0.05, 0.1) is 5.60 Å². The number of rotatable bonds is 10. The summed E-state index contributed by atoms with van der Waals surface area (Å²) in [5, 5.41) is 28.0. The average Bonchev–Trinajstić information content (AvgIpc) is 3.41. The van der Waals surface area contributed by atoms with Crippen LogP contribution in [-0.2, 0) is 16.8 Å². The summed E-state index contributed by atoms with van der Waals surface area (Å²) in [4.78, 5) is 26.6. The highest BCUT2D eigenvalue weighted by Crippen LogP contribution is 2.43. The molecule has 1 aliphatic carbocycles. The number of carbonyl (C=O) groups is 2. The fraction of sp³-hybridized carbons (Fsp3) is 0.548. The van der Waals surface area contributed by atoms with Gasteiger partial charge in [-0.25, -0.2) is 4.79 Å². The van der Waals surface area contributed by atoms with Crippen LogP contribution in [0, 0.1) is 18.8 Å². The Balaban J connectivity index is 1.63. The zero-order valence-corrected chi connectivity index (χ0v) is 23.8. The van der Waals surface area contributed by atoms with E-state index in [1.54, 1.807) is 0 Å². The zero-order valence-electron chi connectivity index (χ0n) is 23.1. The Morgan fingerprint density at radius 2 is 1.95 bits per heavy atom. The molecule has 1 aliphatic heterocycles. The normalized spacial score (nSPS) is 22.9. The standard InChI is InChI=1S/C31H42ClN3O4/c1-21-7-3-8-22(17-21)18-26-27(10-4-11-28(26)32)31(39,14-6-15-34-30(37)38)24-9-5-16-35(20-24)29(36)23-12-13-25(19-23)33-2/h3-4,7-8,10-11,17,23-25,33-34,39H,5-6,9,12-16,18-20H2,1-2H3,(H,37,38). The molecule has 4 unspecified atom stereocenters. The van der Waals surface area contributed by atoms with E-state index in [9.17, 15) is 14.7 Å². The molecule has 1 saturated heterocycles. The smallest absolute Gasteiger partial charge is 0.404 e. The molecule has 0 spiro atoms. The van der Waals surface area contributed by atoms with Crippen molar-refractivity contribution < 1.29 is 19.8 Å². The van der Waals surface area contributed by atoms with Crippen LogP contribution in [0.4, 0.5) is 4.79 Å². The van der Waals surface area contributed by atoms with Crippen LogP contribution in [0.3, 0.4) is 0 Å². The first kappa shape index (κ1) is 29.4. The van der Waals surface area contributed by atoms with E-state index in [0.717, 1.165) is 54.4 Å². The third-order valence-electron chi connectivity index (χ3n) is 8.66. The minimum Gasteiger partial charge on any atom is -0.465 e. The number of hydrogen-bond donors (Lipinski definition) is 4. The largest absolute Gasteiger partial charge is 0.465 e. The lowest BCUT2D eigenvalue weighted by Gasteiger charge is -2.44. The van der Waals surface area contributed by atoms with Crippen LogP contribution in [0.5, 0.6) is 0 Å². The Labute approximate surface area is 236 Å². The molecular formula is C31H42ClN3O4. The molecule has 0 bridgehead atoms. The molecule has 2 aliphatic rings. The Hall–Kier alpha value is -2.61. The Bertz CT molecular complexity index is 1160. The van der Waals surface area contributed by atoms with Gasteiger partial charge in [-0.2, -0.15) is 0 Å². The lowest BCUT2D eigenvalue weighted by Crippen LogP contribution is -2.50. The summed E-state index contributed by atoms with van der Waals surface area (Å²) < 4.78 is 0. The first-order valence-electron chi connectivity index (χ1n) is 14.2. The monoisotopic (exact) mass is 555 g/mol. The summed E-state index contributed by atoms with van der Waals surface area (Å²) >= 11 is 6.79. The van der Waals surface area contributed by atoms with Gasteiger partial charge in [0, 0.05) is 42.5 Å². The van der Waals surface area contributed by atoms with Crippen molar-refractivity contribution in [3.63, 3.8) is 0 Å². The molecule has 7 nitrogen and oxygen atoms in total. The lowest BCUT2D eigenvalue weighted by molar-refractivity contribution is -0.141. The van der Waals surface area contributed by atoms with Crippen LogP contribution in [0.2, 0.25) is 5.02 Å². The van der Waals surface area contributed by atoms with Crippen molar-refractivity contribution in [3.8, 4) is 0 Å². The van der Waals surface area contributed by atoms with Crippen molar-refractivity contribution in [1.82, 2.24) is 15.5 Å². The van der Waals surface area contributed by atoms with E-state index < -0.39 is 11.7 Å². The predicted molar refractivity (Wildman–Crippen MR) is 154 cm³/mol. The van der Waals surface area contributed by atoms with E-state index >= 15 is 0 Å². The zero-order chi connectivity index (χ0) is 28.0. The third-order valence-corrected chi connectivity index (χ3v) is 9.01. The second-order valence-electron chi connectivity index (χ2n) is 11.3. The van der Waals surface area contributed by atoms with Crippen molar-refractivity contribution >= 4 is 23.6 Å². The molecular weight excluding hydrogens is 514 g/mol. The molecule has 2 fully saturated rings. The second kappa shape index (κ2) is 13.2. The second-order valence-corrected chi connectivity index (χ2v) is 11.7. The molecule has 4 N–H and O–H groups in total. The van der Waals surface area contributed by atoms with Crippen LogP contribution in [0.1, 0.15) is 67.2 Å². The lowest BCUT2D eigenvalue weighted by atomic mass is 9.72. The van der Waals surface area contributed by atoms with E-state index in [2.05, 4.69) is 35.8 Å². The fourth-order valence-corrected chi connectivity index (χ4v) is 6.82. The van der Waals surface area contributed by atoms with Gasteiger partial charge in [0.1, 0.15) is 0 Å². The summed E-state index contributed by atoms with van der Waals surface area (Å²) in [6, 6.07) is 14.3. The molecule has 4 rings (SSSR count). The van der Waals surface area contributed by atoms with Crippen molar-refractivity contribution in [2.24, 2.45) is 11.8 Å². The van der Waals surface area contributed by atoms with Gasteiger partial charge < -0.3 is 25.7 Å². The summed E-state index contributed by atoms with van der Waals surface area (Å²) in [6.07, 6.45) is 4.71. The van der Waals surface area contributed by atoms with E-state index in [4.69, 9.17) is 16.7 Å². The Morgan fingerprint density at radius 1 is 1.15 bits per heavy atom. The number of carbonyl (C=O) groups excluding carboxylic acids is 1. The topological polar surface area (TPSA) is 102 Å². The molecule has 1 saturated carbocycles. The van der Waals surface area contributed by atoms with E-state index in [0.29, 0.717) is 43.4 Å². The number of nitrogens with one attached hydrogen (secondary N) is 2. The first-order chi connectivity index (χ1) is 18.7. The molecule has 2 aromatic rings. The summed E-state index contributed by atoms with van der Waals surface area (Å²) in [7, 11) is 1.95. The number of likely N-dealkylation sites (tertiary alicyclic amines) is 1. The van der Waals surface area contributed by atoms with Crippen molar-refractivity contribution in [2.45, 2.75) is 69.9 Å². The number of carboxylic acid groups (broad SMARTS) is 1. The highest BCUT2D eigenvalue weighted by Gasteiger charge is 2.43. The quantitative estimate of drug-likeness (QED) is 0.305. The summed E-state index contributed by atoms with van der Waals surface area (Å²) in [5.41, 5.74) is 2.67. The van der Waals surface area contributed by atoms with Gasteiger partial charge in [0.2, 0.25) is 5.91 Å². The maximum Gasteiger partial charge on any atom is 0.404 e. The molecule has 0 radical (unpaired) electrons. The van der Waals surface area contributed by atoms with E-state index in [1.165, 1.54) is 0 Å². The molecule has 2 amide bonds. The van der Waals surface area contributed by atoms with Gasteiger partial charge in [0.25, 0.3) is 0 Å². The molecule has 2 aromatic carbocycles. The number of aliphatic hydroxyl groups is 1. The summed E-state index contributed by atoms with van der Waals surface area (Å²) in [5.74, 6) is 0.0341. The summed E-state index contributed by atoms with van der Waals surface area (Å²) in [6.45, 7) is 3.49. The van der Waals surface area contributed by atoms with Gasteiger partial charge in [-0.15, -0.1) is 0 Å². The van der Waals surface area contributed by atoms with Crippen molar-refractivity contribution in [3.05, 3.63) is 69.7 Å². The number of hydrogen-bond acceptors (Lipinski definition) is 4. The maximum absolute atomic E-state index is 13.5. The van der Waals surface area contributed by atoms with Gasteiger partial charge in [-0.1, -0.05) is 53.6 Å². The minimum absolute atomic E-state index is 0.0251. The van der Waals surface area contributed by atoms with Crippen LogP contribution in [0.25, 0.3) is 0 Å². The van der Waals surface area contributed by atoms with Crippen molar-refractivity contribution in [1.29, 1.82) is 0 Å². The van der Waals surface area contributed by atoms with Crippen LogP contribution >= 0.6 is 11.6 Å². The number of piperidine rings is 1. The van der Waals surface area contributed by atoms with E-state index in [-0.39, 0.29) is 24.3 Å². The molecule has 212 valence electrons. The molecule has 0 aromatic heterocycles. The maximum atomic E-state index is 13.5. The molecule has 4 atom stereocenters. The van der Waals surface area contributed by atoms with Crippen LogP contribution in [-0.4, -0.2) is 59.8 Å². The third kappa shape index (κ3) is 7.13. The average molecular weight is 556 g/mol. The first-order valence-corrected chi connectivity index (χ1v) is 14.6. The van der Waals surface area contributed by atoms with Gasteiger partial charge in [0.15, 0.2) is 0 Å². The van der Waals surface area contributed by atoms with Gasteiger partial charge in [-0.3, -0.25) is 4.79 Å². The van der Waals surface area contributed by atoms with Crippen LogP contribution in [0.15, 0.2) is 42.5 Å². The Kier molecular flexibility index (Phi) is 9.91. The number of aryl methyl sites for hydroxylation is 1. The highest BCUT2D eigenvalue weighted by atomic mass is 35.5. The number of amides is 2. The van der Waals surface area contributed by atoms with Gasteiger partial charge >= 0.3 is 6.09 Å². The Morgan fingerprint density at radius 3 is 2.67 bits per heavy atom. The SMILES string of the molecule is CNC1CCC(C(=O)N2CCCC(C(O)(CCCNC(=O)O)c3cccc(Cl)c3Cc3cccc(C)c3)C2)C1. The minimum atomic E-state index is -1.26. The fourth-order valence-electron chi connectivity index (χ4n) is 6.58. The van der Waals surface area contributed by atoms with E-state index in [1.807, 2.05) is 36.2 Å². The number of nitrogens with zero attached hydrogens (tertiary/aromatic N) is 1. The molecule has 1 heterocycles. The number of benzene rings is 2. The van der Waals surface area contributed by atoms with Crippen LogP contribution < -0.4 is 10.6 Å². The molecule has 8 heteroatoms. The highest BCUT2D eigenvalue weighted by molar-refractivity contribution is 6.31. The predicted octanol–water partition coefficient (Wildman–Crippen LogP) is 5.10. The number of halogens is 1. The molecule has 39 heavy (non-hydrogen) atoms.